The van der Waals surface area contributed by atoms with Crippen LogP contribution in [0.5, 0.6) is 0 Å². The van der Waals surface area contributed by atoms with Gasteiger partial charge in [0.1, 0.15) is 0 Å². The van der Waals surface area contributed by atoms with Crippen molar-refractivity contribution >= 4 is 20.8 Å². The predicted octanol–water partition coefficient (Wildman–Crippen LogP) is 0.617. The van der Waals surface area contributed by atoms with Crippen LogP contribution in [-0.4, -0.2) is 55.2 Å². The van der Waals surface area contributed by atoms with Crippen molar-refractivity contribution in [1.82, 2.24) is 9.29 Å². The molecule has 1 aliphatic rings. The Bertz CT molecular complexity index is 742. The number of pyridine rings is 1. The molecule has 2 heterocycles. The summed E-state index contributed by atoms with van der Waals surface area (Å²) in [7, 11) is -3.62. The van der Waals surface area contributed by atoms with Crippen LogP contribution < -0.4 is 0 Å². The summed E-state index contributed by atoms with van der Waals surface area (Å²) in [5, 5.41) is 10.6. The second-order valence-electron chi connectivity index (χ2n) is 4.89. The van der Waals surface area contributed by atoms with E-state index in [4.69, 9.17) is 9.84 Å². The van der Waals surface area contributed by atoms with Crippen LogP contribution >= 0.6 is 0 Å². The normalized spacial score (nSPS) is 20.7. The van der Waals surface area contributed by atoms with Gasteiger partial charge < -0.3 is 9.84 Å². The molecule has 0 bridgehead atoms. The number of nitrogens with zero attached hydrogens (tertiary/aromatic N) is 2. The molecule has 1 unspecified atom stereocenters. The first-order valence-corrected chi connectivity index (χ1v) is 8.12. The highest BCUT2D eigenvalue weighted by atomic mass is 32.2. The summed E-state index contributed by atoms with van der Waals surface area (Å²) in [5.74, 6) is 0. The number of aromatic nitrogens is 1. The topological polar surface area (TPSA) is 79.7 Å². The zero-order valence-electron chi connectivity index (χ0n) is 11.3. The van der Waals surface area contributed by atoms with Crippen molar-refractivity contribution in [3.05, 3.63) is 36.7 Å². The fourth-order valence-electron chi connectivity index (χ4n) is 2.48. The SMILES string of the molecule is O=S(=O)(c1cccc2cnccc12)N1CCOC(CO)C1. The smallest absolute Gasteiger partial charge is 0.243 e. The minimum atomic E-state index is -3.62. The van der Waals surface area contributed by atoms with Crippen molar-refractivity contribution in [2.45, 2.75) is 11.0 Å². The van der Waals surface area contributed by atoms with E-state index < -0.39 is 16.1 Å². The van der Waals surface area contributed by atoms with Crippen LogP contribution in [0.15, 0.2) is 41.6 Å². The molecule has 1 aromatic heterocycles. The average Bonchev–Trinajstić information content (AvgIpc) is 2.54. The van der Waals surface area contributed by atoms with Crippen molar-refractivity contribution in [3.8, 4) is 0 Å². The van der Waals surface area contributed by atoms with Gasteiger partial charge in [-0.25, -0.2) is 8.42 Å². The third-order valence-electron chi connectivity index (χ3n) is 3.56. The lowest BCUT2D eigenvalue weighted by molar-refractivity contribution is -0.0304. The number of ether oxygens (including phenoxy) is 1. The first-order chi connectivity index (χ1) is 10.1. The van der Waals surface area contributed by atoms with Crippen molar-refractivity contribution in [2.24, 2.45) is 0 Å². The van der Waals surface area contributed by atoms with Crippen LogP contribution in [0.3, 0.4) is 0 Å². The first kappa shape index (κ1) is 14.4. The predicted molar refractivity (Wildman–Crippen MR) is 77.3 cm³/mol. The van der Waals surface area contributed by atoms with Gasteiger partial charge >= 0.3 is 0 Å². The highest BCUT2D eigenvalue weighted by Crippen LogP contribution is 2.26. The summed E-state index contributed by atoms with van der Waals surface area (Å²) in [6.07, 6.45) is 2.76. The second kappa shape index (κ2) is 5.69. The van der Waals surface area contributed by atoms with Gasteiger partial charge in [-0.3, -0.25) is 4.98 Å². The standard InChI is InChI=1S/C14H16N2O4S/c17-10-12-9-16(6-7-20-12)21(18,19)14-3-1-2-11-8-15-5-4-13(11)14/h1-5,8,12,17H,6-7,9-10H2. The Hall–Kier alpha value is -1.54. The Labute approximate surface area is 123 Å². The van der Waals surface area contributed by atoms with Gasteiger partial charge in [0.05, 0.1) is 24.2 Å². The lowest BCUT2D eigenvalue weighted by atomic mass is 10.2. The molecular weight excluding hydrogens is 292 g/mol. The zero-order chi connectivity index (χ0) is 14.9. The molecule has 1 aliphatic heterocycles. The van der Waals surface area contributed by atoms with Gasteiger partial charge in [-0.2, -0.15) is 4.31 Å². The fraction of sp³-hybridized carbons (Fsp3) is 0.357. The lowest BCUT2D eigenvalue weighted by Gasteiger charge is -2.31. The number of benzene rings is 1. The van der Waals surface area contributed by atoms with Gasteiger partial charge in [-0.05, 0) is 12.1 Å². The van der Waals surface area contributed by atoms with E-state index in [0.29, 0.717) is 11.9 Å². The van der Waals surface area contributed by atoms with Gasteiger partial charge in [-0.15, -0.1) is 0 Å². The molecule has 1 atom stereocenters. The van der Waals surface area contributed by atoms with Gasteiger partial charge in [0, 0.05) is 36.3 Å². The molecule has 6 nitrogen and oxygen atoms in total. The van der Waals surface area contributed by atoms with Gasteiger partial charge in [0.15, 0.2) is 0 Å². The van der Waals surface area contributed by atoms with E-state index >= 15 is 0 Å². The van der Waals surface area contributed by atoms with Crippen LogP contribution in [0.1, 0.15) is 0 Å². The van der Waals surface area contributed by atoms with Crippen LogP contribution in [0.2, 0.25) is 0 Å². The van der Waals surface area contributed by atoms with E-state index in [2.05, 4.69) is 4.98 Å². The molecule has 1 N–H and O–H groups in total. The second-order valence-corrected chi connectivity index (χ2v) is 6.80. The number of aliphatic hydroxyl groups excluding tert-OH is 1. The third kappa shape index (κ3) is 2.65. The van der Waals surface area contributed by atoms with Crippen molar-refractivity contribution in [1.29, 1.82) is 0 Å². The third-order valence-corrected chi connectivity index (χ3v) is 5.49. The van der Waals surface area contributed by atoms with Crippen LogP contribution in [0, 0.1) is 0 Å². The first-order valence-electron chi connectivity index (χ1n) is 6.68. The molecule has 0 radical (unpaired) electrons. The minimum Gasteiger partial charge on any atom is -0.394 e. The molecule has 1 saturated heterocycles. The van der Waals surface area contributed by atoms with E-state index in [1.54, 1.807) is 30.6 Å². The van der Waals surface area contributed by atoms with Gasteiger partial charge in [0.25, 0.3) is 0 Å². The molecule has 7 heteroatoms. The molecule has 21 heavy (non-hydrogen) atoms. The number of aliphatic hydroxyl groups is 1. The van der Waals surface area contributed by atoms with Crippen molar-refractivity contribution < 1.29 is 18.3 Å². The number of hydrogen-bond donors (Lipinski definition) is 1. The van der Waals surface area contributed by atoms with Crippen molar-refractivity contribution in [2.75, 3.05) is 26.3 Å². The lowest BCUT2D eigenvalue weighted by Crippen LogP contribution is -2.46. The highest BCUT2D eigenvalue weighted by Gasteiger charge is 2.31. The number of fused-ring (bicyclic) bond motifs is 1. The molecular formula is C14H16N2O4S. The Kier molecular flexibility index (Phi) is 3.90. The summed E-state index contributed by atoms with van der Waals surface area (Å²) in [6, 6.07) is 6.84. The van der Waals surface area contributed by atoms with Crippen LogP contribution in [0.4, 0.5) is 0 Å². The number of sulfonamides is 1. The fourth-order valence-corrected chi connectivity index (χ4v) is 4.15. The number of morpholine rings is 1. The van der Waals surface area contributed by atoms with E-state index in [0.717, 1.165) is 5.39 Å². The van der Waals surface area contributed by atoms with Crippen LogP contribution in [0.25, 0.3) is 10.8 Å². The summed E-state index contributed by atoms with van der Waals surface area (Å²) in [4.78, 5) is 4.28. The van der Waals surface area contributed by atoms with E-state index in [-0.39, 0.29) is 24.7 Å². The molecule has 1 fully saturated rings. The molecule has 3 rings (SSSR count). The minimum absolute atomic E-state index is 0.167. The zero-order valence-corrected chi connectivity index (χ0v) is 12.2. The molecule has 112 valence electrons. The van der Waals surface area contributed by atoms with Gasteiger partial charge in [0.2, 0.25) is 10.0 Å². The Balaban J connectivity index is 2.04. The molecule has 1 aromatic carbocycles. The maximum absolute atomic E-state index is 12.8. The molecule has 2 aromatic rings. The maximum atomic E-state index is 12.8. The Morgan fingerprint density at radius 3 is 3.05 bits per heavy atom. The molecule has 0 amide bonds. The number of rotatable bonds is 3. The summed E-state index contributed by atoms with van der Waals surface area (Å²) in [5.41, 5.74) is 0. The largest absolute Gasteiger partial charge is 0.394 e. The highest BCUT2D eigenvalue weighted by molar-refractivity contribution is 7.89. The van der Waals surface area contributed by atoms with E-state index in [9.17, 15) is 8.42 Å². The van der Waals surface area contributed by atoms with Gasteiger partial charge in [-0.1, -0.05) is 12.1 Å². The van der Waals surface area contributed by atoms with E-state index in [1.165, 1.54) is 4.31 Å². The van der Waals surface area contributed by atoms with E-state index in [1.807, 2.05) is 6.07 Å². The summed E-state index contributed by atoms with van der Waals surface area (Å²) in [6.45, 7) is 0.558. The van der Waals surface area contributed by atoms with Crippen LogP contribution in [-0.2, 0) is 14.8 Å². The van der Waals surface area contributed by atoms with Crippen molar-refractivity contribution in [3.63, 3.8) is 0 Å². The molecule has 0 spiro atoms. The maximum Gasteiger partial charge on any atom is 0.243 e. The molecule has 0 aliphatic carbocycles. The Morgan fingerprint density at radius 1 is 1.38 bits per heavy atom. The average molecular weight is 308 g/mol. The monoisotopic (exact) mass is 308 g/mol. The summed E-state index contributed by atoms with van der Waals surface area (Å²) < 4.78 is 32.3. The number of hydrogen-bond acceptors (Lipinski definition) is 5. The summed E-state index contributed by atoms with van der Waals surface area (Å²) >= 11 is 0. The molecule has 0 saturated carbocycles. The Morgan fingerprint density at radius 2 is 2.24 bits per heavy atom. The quantitative estimate of drug-likeness (QED) is 0.899.